The largest absolute Gasteiger partial charge is 0.370 e. The van der Waals surface area contributed by atoms with Crippen molar-refractivity contribution >= 4 is 5.69 Å². The predicted octanol–water partition coefficient (Wildman–Crippen LogP) is 2.74. The highest BCUT2D eigenvalue weighted by molar-refractivity contribution is 5.64. The molecule has 3 heterocycles. The topological polar surface area (TPSA) is 62.7 Å². The third kappa shape index (κ3) is 2.35. The predicted molar refractivity (Wildman–Crippen MR) is 91.9 cm³/mol. The minimum Gasteiger partial charge on any atom is -0.370 e. The molecule has 120 valence electrons. The van der Waals surface area contributed by atoms with Crippen LogP contribution in [0.1, 0.15) is 18.4 Å². The summed E-state index contributed by atoms with van der Waals surface area (Å²) in [6.45, 7) is 2.05. The summed E-state index contributed by atoms with van der Waals surface area (Å²) in [4.78, 5) is 11.1. The molecule has 4 rings (SSSR count). The van der Waals surface area contributed by atoms with Crippen molar-refractivity contribution in [2.24, 2.45) is 7.05 Å². The Kier molecular flexibility index (Phi) is 3.54. The maximum absolute atomic E-state index is 9.58. The summed E-state index contributed by atoms with van der Waals surface area (Å²) >= 11 is 0. The average molecular weight is 318 g/mol. The number of anilines is 1. The molecular formula is C18H18N6. The summed E-state index contributed by atoms with van der Waals surface area (Å²) in [5, 5.41) is 9.58. The van der Waals surface area contributed by atoms with Gasteiger partial charge in [-0.05, 0) is 31.0 Å². The van der Waals surface area contributed by atoms with Crippen molar-refractivity contribution in [3.63, 3.8) is 0 Å². The van der Waals surface area contributed by atoms with Crippen molar-refractivity contribution in [1.29, 1.82) is 5.26 Å². The summed E-state index contributed by atoms with van der Waals surface area (Å²) < 4.78 is 3.90. The molecule has 0 unspecified atom stereocenters. The number of imidazole rings is 2. The average Bonchev–Trinajstić information content (AvgIpc) is 3.35. The van der Waals surface area contributed by atoms with Gasteiger partial charge in [-0.1, -0.05) is 0 Å². The Hall–Kier alpha value is -3.07. The maximum atomic E-state index is 9.58. The van der Waals surface area contributed by atoms with Crippen molar-refractivity contribution in [3.05, 3.63) is 48.5 Å². The zero-order valence-electron chi connectivity index (χ0n) is 13.6. The monoisotopic (exact) mass is 318 g/mol. The second kappa shape index (κ2) is 5.85. The molecule has 0 bridgehead atoms. The van der Waals surface area contributed by atoms with E-state index in [0.29, 0.717) is 5.56 Å². The second-order valence-electron chi connectivity index (χ2n) is 5.99. The van der Waals surface area contributed by atoms with E-state index in [-0.39, 0.29) is 0 Å². The number of benzene rings is 1. The number of nitrogens with zero attached hydrogens (tertiary/aromatic N) is 6. The summed E-state index contributed by atoms with van der Waals surface area (Å²) in [7, 11) is 1.94. The van der Waals surface area contributed by atoms with Crippen molar-refractivity contribution < 1.29 is 0 Å². The van der Waals surface area contributed by atoms with E-state index in [1.807, 2.05) is 46.8 Å². The number of hydrogen-bond donors (Lipinski definition) is 0. The van der Waals surface area contributed by atoms with Gasteiger partial charge in [-0.2, -0.15) is 5.26 Å². The fourth-order valence-electron chi connectivity index (χ4n) is 3.26. The molecule has 1 aliphatic rings. The van der Waals surface area contributed by atoms with Gasteiger partial charge in [0.15, 0.2) is 11.6 Å². The minimum absolute atomic E-state index is 0.703. The zero-order chi connectivity index (χ0) is 16.5. The van der Waals surface area contributed by atoms with Gasteiger partial charge in [0.2, 0.25) is 0 Å². The number of aryl methyl sites for hydroxylation is 1. The Morgan fingerprint density at radius 2 is 1.79 bits per heavy atom. The van der Waals surface area contributed by atoms with Crippen molar-refractivity contribution in [2.45, 2.75) is 12.8 Å². The molecule has 0 aliphatic carbocycles. The summed E-state index contributed by atoms with van der Waals surface area (Å²) in [6.07, 6.45) is 9.69. The van der Waals surface area contributed by atoms with Gasteiger partial charge in [0.25, 0.3) is 0 Å². The molecule has 0 radical (unpaired) electrons. The normalized spacial score (nSPS) is 14.1. The summed E-state index contributed by atoms with van der Waals surface area (Å²) in [5.74, 6) is 1.56. The van der Waals surface area contributed by atoms with E-state index in [9.17, 15) is 5.26 Å². The van der Waals surface area contributed by atoms with Crippen molar-refractivity contribution in [2.75, 3.05) is 18.0 Å². The SMILES string of the molecule is Cn1ccnc1-c1nccn1-c1ccc(N2CCCC2)c(C#N)c1. The van der Waals surface area contributed by atoms with Crippen LogP contribution in [0.4, 0.5) is 5.69 Å². The van der Waals surface area contributed by atoms with Crippen LogP contribution in [0.15, 0.2) is 43.0 Å². The van der Waals surface area contributed by atoms with Crippen LogP contribution in [0.2, 0.25) is 0 Å². The van der Waals surface area contributed by atoms with E-state index in [0.717, 1.165) is 36.1 Å². The standard InChI is InChI=1S/C18H18N6/c1-22-10-6-20-17(22)18-21-7-11-24(18)15-4-5-16(14(12-15)13-19)23-8-2-3-9-23/h4-7,10-12H,2-3,8-9H2,1H3. The first-order valence-electron chi connectivity index (χ1n) is 8.08. The van der Waals surface area contributed by atoms with Crippen LogP contribution in [0.3, 0.4) is 0 Å². The first-order valence-corrected chi connectivity index (χ1v) is 8.08. The highest BCUT2D eigenvalue weighted by atomic mass is 15.2. The van der Waals surface area contributed by atoms with Crippen molar-refractivity contribution in [3.8, 4) is 23.4 Å². The molecule has 1 fully saturated rings. The molecule has 0 saturated carbocycles. The Labute approximate surface area is 140 Å². The lowest BCUT2D eigenvalue weighted by Gasteiger charge is -2.20. The highest BCUT2D eigenvalue weighted by Gasteiger charge is 2.18. The molecular weight excluding hydrogens is 300 g/mol. The lowest BCUT2D eigenvalue weighted by atomic mass is 10.1. The molecule has 1 saturated heterocycles. The molecule has 0 N–H and O–H groups in total. The third-order valence-corrected chi connectivity index (χ3v) is 4.49. The molecule has 3 aromatic rings. The fraction of sp³-hybridized carbons (Fsp3) is 0.278. The number of hydrogen-bond acceptors (Lipinski definition) is 4. The van der Waals surface area contributed by atoms with Crippen LogP contribution in [0, 0.1) is 11.3 Å². The molecule has 6 nitrogen and oxygen atoms in total. The minimum atomic E-state index is 0.703. The first kappa shape index (κ1) is 14.5. The second-order valence-corrected chi connectivity index (χ2v) is 5.99. The van der Waals surface area contributed by atoms with Crippen LogP contribution >= 0.6 is 0 Å². The van der Waals surface area contributed by atoms with Crippen LogP contribution in [-0.2, 0) is 7.05 Å². The molecule has 0 atom stereocenters. The van der Waals surface area contributed by atoms with Crippen LogP contribution in [0.25, 0.3) is 17.3 Å². The Bertz CT molecular complexity index is 908. The lowest BCUT2D eigenvalue weighted by Crippen LogP contribution is -2.18. The molecule has 24 heavy (non-hydrogen) atoms. The Morgan fingerprint density at radius 1 is 1.04 bits per heavy atom. The van der Waals surface area contributed by atoms with E-state index in [4.69, 9.17) is 0 Å². The van der Waals surface area contributed by atoms with E-state index in [2.05, 4.69) is 20.9 Å². The van der Waals surface area contributed by atoms with Gasteiger partial charge < -0.3 is 9.47 Å². The zero-order valence-corrected chi connectivity index (χ0v) is 13.6. The van der Waals surface area contributed by atoms with E-state index in [1.54, 1.807) is 12.4 Å². The van der Waals surface area contributed by atoms with Gasteiger partial charge in [0.05, 0.1) is 11.3 Å². The first-order chi connectivity index (χ1) is 11.8. The van der Waals surface area contributed by atoms with Crippen molar-refractivity contribution in [1.82, 2.24) is 19.1 Å². The maximum Gasteiger partial charge on any atom is 0.181 e. The van der Waals surface area contributed by atoms with Gasteiger partial charge in [0, 0.05) is 50.6 Å². The number of nitriles is 1. The molecule has 0 amide bonds. The van der Waals surface area contributed by atoms with Gasteiger partial charge in [0.1, 0.15) is 6.07 Å². The summed E-state index contributed by atoms with van der Waals surface area (Å²) in [6, 6.07) is 8.36. The lowest BCUT2D eigenvalue weighted by molar-refractivity contribution is 0.896. The van der Waals surface area contributed by atoms with Crippen LogP contribution in [0.5, 0.6) is 0 Å². The van der Waals surface area contributed by atoms with E-state index >= 15 is 0 Å². The van der Waals surface area contributed by atoms with E-state index < -0.39 is 0 Å². The molecule has 2 aromatic heterocycles. The summed E-state index contributed by atoms with van der Waals surface area (Å²) in [5.41, 5.74) is 2.65. The van der Waals surface area contributed by atoms with Gasteiger partial charge >= 0.3 is 0 Å². The molecule has 1 aliphatic heterocycles. The smallest absolute Gasteiger partial charge is 0.181 e. The van der Waals surface area contributed by atoms with Gasteiger partial charge in [-0.25, -0.2) is 9.97 Å². The number of aromatic nitrogens is 4. The van der Waals surface area contributed by atoms with Gasteiger partial charge in [-0.15, -0.1) is 0 Å². The third-order valence-electron chi connectivity index (χ3n) is 4.49. The van der Waals surface area contributed by atoms with Gasteiger partial charge in [-0.3, -0.25) is 4.57 Å². The molecule has 0 spiro atoms. The molecule has 6 heteroatoms. The quantitative estimate of drug-likeness (QED) is 0.745. The fourth-order valence-corrected chi connectivity index (χ4v) is 3.26. The number of rotatable bonds is 3. The van der Waals surface area contributed by atoms with Crippen LogP contribution in [-0.4, -0.2) is 32.2 Å². The Morgan fingerprint density at radius 3 is 2.50 bits per heavy atom. The molecule has 1 aromatic carbocycles. The van der Waals surface area contributed by atoms with Crippen LogP contribution < -0.4 is 4.90 Å². The highest BCUT2D eigenvalue weighted by Crippen LogP contribution is 2.28. The Balaban J connectivity index is 1.77. The van der Waals surface area contributed by atoms with E-state index in [1.165, 1.54) is 12.8 Å².